The molecular formula is C12H13N9O2S2. The highest BCUT2D eigenvalue weighted by molar-refractivity contribution is 7.07. The zero-order valence-electron chi connectivity index (χ0n) is 12.6. The van der Waals surface area contributed by atoms with E-state index in [1.807, 2.05) is 5.38 Å². The molecule has 0 aliphatic rings. The van der Waals surface area contributed by atoms with Crippen LogP contribution in [0.25, 0.3) is 0 Å². The van der Waals surface area contributed by atoms with Crippen molar-refractivity contribution in [3.63, 3.8) is 0 Å². The lowest BCUT2D eigenvalue weighted by molar-refractivity contribution is 0.553. The van der Waals surface area contributed by atoms with E-state index >= 15 is 0 Å². The minimum atomic E-state index is 1.26. The van der Waals surface area contributed by atoms with Crippen molar-refractivity contribution in [1.29, 1.82) is 0 Å². The Morgan fingerprint density at radius 2 is 1.56 bits per heavy atom. The summed E-state index contributed by atoms with van der Waals surface area (Å²) in [6, 6.07) is 0. The molecule has 1 N–H and O–H groups in total. The number of aromatic amines is 1. The van der Waals surface area contributed by atoms with E-state index in [4.69, 9.17) is 0 Å². The van der Waals surface area contributed by atoms with Crippen molar-refractivity contribution in [2.45, 2.75) is 0 Å². The third-order valence-electron chi connectivity index (χ3n) is 1.59. The Morgan fingerprint density at radius 1 is 0.720 bits per heavy atom. The Morgan fingerprint density at radius 3 is 1.76 bits per heavy atom. The van der Waals surface area contributed by atoms with Crippen molar-refractivity contribution in [3.8, 4) is 0 Å². The number of thiazole rings is 1. The second-order valence-electron chi connectivity index (χ2n) is 3.16. The van der Waals surface area contributed by atoms with Gasteiger partial charge in [0.15, 0.2) is 6.39 Å². The molecule has 130 valence electrons. The van der Waals surface area contributed by atoms with Crippen LogP contribution < -0.4 is 0 Å². The van der Waals surface area contributed by atoms with E-state index in [9.17, 15) is 0 Å². The lowest BCUT2D eigenvalue weighted by atomic mass is 11.0. The molecule has 0 saturated carbocycles. The molecule has 0 aromatic carbocycles. The van der Waals surface area contributed by atoms with Crippen molar-refractivity contribution in [3.05, 3.63) is 72.4 Å². The molecule has 0 fully saturated rings. The van der Waals surface area contributed by atoms with Crippen LogP contribution in [0.2, 0.25) is 0 Å². The van der Waals surface area contributed by atoms with Crippen LogP contribution in [0.3, 0.4) is 0 Å². The quantitative estimate of drug-likeness (QED) is 0.425. The molecule has 11 nitrogen and oxygen atoms in total. The fraction of sp³-hybridized carbons (Fsp3) is 0. The highest BCUT2D eigenvalue weighted by Crippen LogP contribution is 1.86. The zero-order valence-corrected chi connectivity index (χ0v) is 14.3. The average Bonchev–Trinajstić information content (AvgIpc) is 3.55. The van der Waals surface area contributed by atoms with Crippen LogP contribution >= 0.6 is 22.7 Å². The van der Waals surface area contributed by atoms with Gasteiger partial charge in [0.1, 0.15) is 29.9 Å². The van der Waals surface area contributed by atoms with E-state index in [1.54, 1.807) is 40.3 Å². The van der Waals surface area contributed by atoms with Crippen molar-refractivity contribution in [2.75, 3.05) is 0 Å². The Bertz CT molecular complexity index is 475. The van der Waals surface area contributed by atoms with Gasteiger partial charge in [-0.3, -0.25) is 10.1 Å². The lowest BCUT2D eigenvalue weighted by Gasteiger charge is -1.47. The largest absolute Gasteiger partial charge is 0.452 e. The average molecular weight is 379 g/mol. The number of hydrogen-bond acceptors (Lipinski definition) is 12. The minimum Gasteiger partial charge on any atom is -0.452 e. The molecule has 0 unspecified atom stereocenters. The molecule has 0 amide bonds. The van der Waals surface area contributed by atoms with Crippen molar-refractivity contribution < 1.29 is 8.83 Å². The van der Waals surface area contributed by atoms with Crippen LogP contribution in [-0.4, -0.2) is 45.5 Å². The summed E-state index contributed by atoms with van der Waals surface area (Å²) < 4.78 is 8.83. The van der Waals surface area contributed by atoms with Crippen LogP contribution in [0.15, 0.2) is 81.2 Å². The summed E-state index contributed by atoms with van der Waals surface area (Å²) in [5.74, 6) is 0. The number of H-pyrrole nitrogens is 1. The monoisotopic (exact) mass is 379 g/mol. The molecule has 0 saturated heterocycles. The molecule has 5 rings (SSSR count). The number of nitrogens with one attached hydrogen (secondary N) is 1. The molecule has 5 aromatic rings. The zero-order chi connectivity index (χ0) is 17.7. The minimum absolute atomic E-state index is 1.26. The van der Waals surface area contributed by atoms with Gasteiger partial charge in [0.05, 0.1) is 11.7 Å². The van der Waals surface area contributed by atoms with E-state index in [2.05, 4.69) is 54.4 Å². The summed E-state index contributed by atoms with van der Waals surface area (Å²) in [5.41, 5.74) is 5.15. The van der Waals surface area contributed by atoms with Gasteiger partial charge in [-0.2, -0.15) is 5.10 Å². The first kappa shape index (κ1) is 19.7. The van der Waals surface area contributed by atoms with Crippen molar-refractivity contribution in [1.82, 2.24) is 45.5 Å². The van der Waals surface area contributed by atoms with Gasteiger partial charge < -0.3 is 8.83 Å². The fourth-order valence-corrected chi connectivity index (χ4v) is 1.41. The van der Waals surface area contributed by atoms with Crippen LogP contribution in [0, 0.1) is 0 Å². The van der Waals surface area contributed by atoms with Crippen LogP contribution in [0.4, 0.5) is 0 Å². The van der Waals surface area contributed by atoms with Gasteiger partial charge in [0.2, 0.25) is 12.8 Å². The fourth-order valence-electron chi connectivity index (χ4n) is 0.790. The van der Waals surface area contributed by atoms with Gasteiger partial charge in [-0.05, 0) is 0 Å². The summed E-state index contributed by atoms with van der Waals surface area (Å²) in [4.78, 5) is 10.9. The van der Waals surface area contributed by atoms with Crippen LogP contribution in [0.5, 0.6) is 0 Å². The number of aromatic nitrogens is 9. The second-order valence-corrected chi connectivity index (χ2v) is 4.61. The molecule has 0 bridgehead atoms. The van der Waals surface area contributed by atoms with E-state index in [0.29, 0.717) is 0 Å². The SMILES string of the molecule is c1cocn1.c1cscn1.c1nc[nH]n1.c1nnco1.c1nncs1. The van der Waals surface area contributed by atoms with Gasteiger partial charge in [-0.15, -0.1) is 43.1 Å². The highest BCUT2D eigenvalue weighted by Gasteiger charge is 1.61. The summed E-state index contributed by atoms with van der Waals surface area (Å²) in [6.07, 6.45) is 11.7. The third kappa shape index (κ3) is 15.4. The molecular weight excluding hydrogens is 366 g/mol. The predicted molar refractivity (Wildman–Crippen MR) is 89.2 cm³/mol. The lowest BCUT2D eigenvalue weighted by Crippen LogP contribution is -1.53. The first-order valence-corrected chi connectivity index (χ1v) is 8.19. The molecule has 5 aromatic heterocycles. The third-order valence-corrected chi connectivity index (χ3v) is 2.55. The van der Waals surface area contributed by atoms with Gasteiger partial charge in [-0.1, -0.05) is 0 Å². The molecule has 0 aliphatic carbocycles. The van der Waals surface area contributed by atoms with E-state index in [-0.39, 0.29) is 0 Å². The van der Waals surface area contributed by atoms with Gasteiger partial charge in [0.25, 0.3) is 0 Å². The summed E-state index contributed by atoms with van der Waals surface area (Å²) in [6.45, 7) is 0. The number of nitrogens with zero attached hydrogens (tertiary/aromatic N) is 8. The molecule has 25 heavy (non-hydrogen) atoms. The van der Waals surface area contributed by atoms with Gasteiger partial charge in [-0.25, -0.2) is 9.97 Å². The second kappa shape index (κ2) is 17.0. The van der Waals surface area contributed by atoms with E-state index < -0.39 is 0 Å². The topological polar surface area (TPSA) is 145 Å². The summed E-state index contributed by atoms with van der Waals surface area (Å²) >= 11 is 3.09. The standard InChI is InChI=1S/C3H3NO.C3H3NS.C2H3N3.C2H2N2O.C2H2N2S/c2*1-2-5-3-4-1;1-3-2-5-4-1;2*1-3-4-2-5-1/h2*1-3H;1-2H,(H,3,4,5);2*1-2H. The maximum atomic E-state index is 4.47. The number of oxazole rings is 1. The Kier molecular flexibility index (Phi) is 13.4. The molecule has 0 spiro atoms. The Hall–Kier alpha value is -3.32. The molecule has 5 heterocycles. The predicted octanol–water partition coefficient (Wildman–Crippen LogP) is 2.23. The first-order valence-electron chi connectivity index (χ1n) is 6.30. The first-order chi connectivity index (χ1) is 12.5. The highest BCUT2D eigenvalue weighted by atomic mass is 32.1. The molecule has 0 aliphatic heterocycles. The smallest absolute Gasteiger partial charge is 0.203 e. The maximum Gasteiger partial charge on any atom is 0.203 e. The van der Waals surface area contributed by atoms with Crippen molar-refractivity contribution in [2.24, 2.45) is 0 Å². The molecule has 0 atom stereocenters. The van der Waals surface area contributed by atoms with E-state index in [1.165, 1.54) is 49.4 Å². The van der Waals surface area contributed by atoms with Crippen LogP contribution in [-0.2, 0) is 0 Å². The Balaban J connectivity index is 0.000000156. The normalized spacial score (nSPS) is 8.00. The van der Waals surface area contributed by atoms with E-state index in [0.717, 1.165) is 0 Å². The molecule has 13 heteroatoms. The summed E-state index contributed by atoms with van der Waals surface area (Å²) in [7, 11) is 0. The van der Waals surface area contributed by atoms with Gasteiger partial charge in [0, 0.05) is 11.6 Å². The Labute approximate surface area is 149 Å². The number of rotatable bonds is 0. The van der Waals surface area contributed by atoms with Gasteiger partial charge >= 0.3 is 0 Å². The van der Waals surface area contributed by atoms with Crippen molar-refractivity contribution >= 4 is 22.7 Å². The molecule has 0 radical (unpaired) electrons. The maximum absolute atomic E-state index is 4.47. The number of hydrogen-bond donors (Lipinski definition) is 1. The summed E-state index contributed by atoms with van der Waals surface area (Å²) in [5, 5.41) is 21.5. The van der Waals surface area contributed by atoms with Crippen LogP contribution in [0.1, 0.15) is 0 Å².